The average molecular weight is 407 g/mol. The van der Waals surface area contributed by atoms with Crippen LogP contribution in [0.3, 0.4) is 0 Å². The van der Waals surface area contributed by atoms with Crippen LogP contribution in [-0.2, 0) is 12.8 Å². The summed E-state index contributed by atoms with van der Waals surface area (Å²) in [6.45, 7) is 6.93. The van der Waals surface area contributed by atoms with Crippen molar-refractivity contribution in [3.63, 3.8) is 0 Å². The smallest absolute Gasteiger partial charge is 0.258 e. The number of fused-ring (bicyclic) bond motifs is 5. The number of thiophene rings is 1. The summed E-state index contributed by atoms with van der Waals surface area (Å²) in [5.74, 6) is 1.01. The van der Waals surface area contributed by atoms with Gasteiger partial charge in [-0.25, -0.2) is 14.5 Å². The molecule has 0 bridgehead atoms. The van der Waals surface area contributed by atoms with Crippen LogP contribution in [0.5, 0.6) is 0 Å². The molecule has 1 unspecified atom stereocenters. The first-order valence-corrected chi connectivity index (χ1v) is 10.5. The molecule has 3 heterocycles. The molecule has 0 aliphatic heterocycles. The standard InChI is InChI=1S/C21H21N5O2S/c1-21(2,3)12-8-9-14-16(10-12)29-20-17(14)19-23-18(24-25(19)11-22-20)13-6-4-5-7-15(13)26(27)28/h4-7,11-12H,8-10H2,1-3H3. The normalized spacial score (nSPS) is 17.0. The summed E-state index contributed by atoms with van der Waals surface area (Å²) in [5, 5.41) is 17.0. The molecular weight excluding hydrogens is 386 g/mol. The van der Waals surface area contributed by atoms with E-state index < -0.39 is 4.92 Å². The quantitative estimate of drug-likeness (QED) is 0.342. The molecule has 0 spiro atoms. The number of aromatic nitrogens is 4. The molecular formula is C21H21N5O2S. The molecule has 8 heteroatoms. The van der Waals surface area contributed by atoms with Gasteiger partial charge in [-0.15, -0.1) is 16.4 Å². The lowest BCUT2D eigenvalue weighted by Crippen LogP contribution is -2.26. The van der Waals surface area contributed by atoms with Crippen LogP contribution in [0.15, 0.2) is 30.6 Å². The number of nitrogens with zero attached hydrogens (tertiary/aromatic N) is 5. The second kappa shape index (κ2) is 6.32. The van der Waals surface area contributed by atoms with E-state index >= 15 is 0 Å². The van der Waals surface area contributed by atoms with E-state index in [2.05, 4.69) is 30.9 Å². The molecule has 4 aromatic rings. The fraction of sp³-hybridized carbons (Fsp3) is 0.381. The number of aryl methyl sites for hydroxylation is 1. The zero-order valence-electron chi connectivity index (χ0n) is 16.5. The number of rotatable bonds is 2. The Labute approximate surface area is 171 Å². The third-order valence-electron chi connectivity index (χ3n) is 5.95. The fourth-order valence-electron chi connectivity index (χ4n) is 4.25. The first-order valence-electron chi connectivity index (χ1n) is 9.72. The summed E-state index contributed by atoms with van der Waals surface area (Å²) in [7, 11) is 0. The summed E-state index contributed by atoms with van der Waals surface area (Å²) in [4.78, 5) is 22.7. The van der Waals surface area contributed by atoms with Crippen molar-refractivity contribution in [2.24, 2.45) is 11.3 Å². The molecule has 148 valence electrons. The van der Waals surface area contributed by atoms with Crippen molar-refractivity contribution in [3.8, 4) is 11.4 Å². The molecule has 0 N–H and O–H groups in total. The summed E-state index contributed by atoms with van der Waals surface area (Å²) >= 11 is 1.75. The lowest BCUT2D eigenvalue weighted by molar-refractivity contribution is -0.384. The first-order chi connectivity index (χ1) is 13.8. The van der Waals surface area contributed by atoms with E-state index in [0.29, 0.717) is 17.3 Å². The average Bonchev–Trinajstić information content (AvgIpc) is 3.27. The van der Waals surface area contributed by atoms with Crippen molar-refractivity contribution in [1.82, 2.24) is 19.6 Å². The minimum atomic E-state index is -0.395. The molecule has 3 aromatic heterocycles. The van der Waals surface area contributed by atoms with Gasteiger partial charge in [0.1, 0.15) is 11.2 Å². The Morgan fingerprint density at radius 1 is 1.28 bits per heavy atom. The van der Waals surface area contributed by atoms with Crippen LogP contribution < -0.4 is 0 Å². The maximum atomic E-state index is 11.4. The minimum absolute atomic E-state index is 0.00738. The van der Waals surface area contributed by atoms with Gasteiger partial charge in [0.15, 0.2) is 11.5 Å². The van der Waals surface area contributed by atoms with Crippen molar-refractivity contribution in [2.75, 3.05) is 0 Å². The van der Waals surface area contributed by atoms with E-state index in [4.69, 9.17) is 4.98 Å². The maximum absolute atomic E-state index is 11.4. The van der Waals surface area contributed by atoms with Gasteiger partial charge in [-0.2, -0.15) is 0 Å². The third kappa shape index (κ3) is 2.90. The predicted molar refractivity (Wildman–Crippen MR) is 113 cm³/mol. The van der Waals surface area contributed by atoms with E-state index in [-0.39, 0.29) is 11.1 Å². The second-order valence-electron chi connectivity index (χ2n) is 8.71. The Morgan fingerprint density at radius 3 is 2.83 bits per heavy atom. The zero-order valence-corrected chi connectivity index (χ0v) is 17.4. The molecule has 1 aromatic carbocycles. The molecule has 0 radical (unpaired) electrons. The molecule has 0 amide bonds. The Balaban J connectivity index is 1.68. The monoisotopic (exact) mass is 407 g/mol. The van der Waals surface area contributed by atoms with Crippen molar-refractivity contribution < 1.29 is 4.92 Å². The van der Waals surface area contributed by atoms with Gasteiger partial charge in [-0.05, 0) is 42.2 Å². The summed E-state index contributed by atoms with van der Waals surface area (Å²) < 4.78 is 1.65. The number of para-hydroxylation sites is 1. The highest BCUT2D eigenvalue weighted by Crippen LogP contribution is 2.43. The van der Waals surface area contributed by atoms with Gasteiger partial charge >= 0.3 is 0 Å². The Morgan fingerprint density at radius 2 is 2.07 bits per heavy atom. The first kappa shape index (κ1) is 18.2. The van der Waals surface area contributed by atoms with Crippen LogP contribution in [0, 0.1) is 21.4 Å². The Kier molecular flexibility index (Phi) is 3.96. The number of nitro benzene ring substituents is 1. The summed E-state index contributed by atoms with van der Waals surface area (Å²) in [6.07, 6.45) is 4.88. The lowest BCUT2D eigenvalue weighted by Gasteiger charge is -2.33. The van der Waals surface area contributed by atoms with Crippen molar-refractivity contribution in [1.29, 1.82) is 0 Å². The van der Waals surface area contributed by atoms with E-state index in [0.717, 1.165) is 35.1 Å². The van der Waals surface area contributed by atoms with E-state index in [1.54, 1.807) is 40.4 Å². The Hall–Kier alpha value is -2.87. The van der Waals surface area contributed by atoms with Gasteiger partial charge in [0.25, 0.3) is 5.69 Å². The van der Waals surface area contributed by atoms with E-state index in [1.807, 2.05) is 0 Å². The number of nitro groups is 1. The van der Waals surface area contributed by atoms with Crippen molar-refractivity contribution in [3.05, 3.63) is 51.1 Å². The van der Waals surface area contributed by atoms with Crippen LogP contribution in [0.25, 0.3) is 27.3 Å². The Bertz CT molecular complexity index is 1270. The van der Waals surface area contributed by atoms with E-state index in [9.17, 15) is 10.1 Å². The van der Waals surface area contributed by atoms with Gasteiger partial charge in [-0.1, -0.05) is 32.9 Å². The highest BCUT2D eigenvalue weighted by Gasteiger charge is 2.32. The largest absolute Gasteiger partial charge is 0.280 e. The van der Waals surface area contributed by atoms with Crippen LogP contribution in [0.2, 0.25) is 0 Å². The molecule has 1 aliphatic rings. The molecule has 29 heavy (non-hydrogen) atoms. The maximum Gasteiger partial charge on any atom is 0.280 e. The molecule has 5 rings (SSSR count). The highest BCUT2D eigenvalue weighted by atomic mass is 32.1. The van der Waals surface area contributed by atoms with Gasteiger partial charge < -0.3 is 0 Å². The van der Waals surface area contributed by atoms with Crippen LogP contribution in [0.1, 0.15) is 37.6 Å². The molecule has 1 aliphatic carbocycles. The van der Waals surface area contributed by atoms with Gasteiger partial charge in [0.05, 0.1) is 15.9 Å². The summed E-state index contributed by atoms with van der Waals surface area (Å²) in [6, 6.07) is 6.58. The molecule has 0 saturated carbocycles. The third-order valence-corrected chi connectivity index (χ3v) is 7.11. The van der Waals surface area contributed by atoms with Crippen LogP contribution in [-0.4, -0.2) is 24.5 Å². The lowest BCUT2D eigenvalue weighted by atomic mass is 9.72. The second-order valence-corrected chi connectivity index (χ2v) is 9.80. The van der Waals surface area contributed by atoms with Gasteiger partial charge in [0, 0.05) is 10.9 Å². The highest BCUT2D eigenvalue weighted by molar-refractivity contribution is 7.19. The van der Waals surface area contributed by atoms with Crippen molar-refractivity contribution in [2.45, 2.75) is 40.0 Å². The van der Waals surface area contributed by atoms with Crippen LogP contribution >= 0.6 is 11.3 Å². The summed E-state index contributed by atoms with van der Waals surface area (Å²) in [5.41, 5.74) is 2.77. The molecule has 0 saturated heterocycles. The molecule has 1 atom stereocenters. The molecule has 7 nitrogen and oxygen atoms in total. The fourth-order valence-corrected chi connectivity index (χ4v) is 5.51. The van der Waals surface area contributed by atoms with Crippen molar-refractivity contribution >= 4 is 32.9 Å². The topological polar surface area (TPSA) is 86.2 Å². The van der Waals surface area contributed by atoms with E-state index in [1.165, 1.54) is 16.5 Å². The number of hydrogen-bond acceptors (Lipinski definition) is 6. The molecule has 0 fully saturated rings. The number of benzene rings is 1. The number of hydrogen-bond donors (Lipinski definition) is 0. The van der Waals surface area contributed by atoms with Gasteiger partial charge in [0.2, 0.25) is 0 Å². The minimum Gasteiger partial charge on any atom is -0.258 e. The van der Waals surface area contributed by atoms with Gasteiger partial charge in [-0.3, -0.25) is 10.1 Å². The van der Waals surface area contributed by atoms with Crippen LogP contribution in [0.4, 0.5) is 5.69 Å². The zero-order chi connectivity index (χ0) is 20.3. The predicted octanol–water partition coefficient (Wildman–Crippen LogP) is 5.07. The SMILES string of the molecule is CC(C)(C)C1CCc2c(sc3ncn4nc(-c5ccccc5[N+](=O)[O-])nc4c23)C1.